The number of anilines is 2. The Bertz CT molecular complexity index is 2310. The first-order valence-corrected chi connectivity index (χ1v) is 15.3. The molecule has 0 aliphatic rings. The van der Waals surface area contributed by atoms with E-state index in [4.69, 9.17) is 20.5 Å². The van der Waals surface area contributed by atoms with E-state index in [1.165, 1.54) is 0 Å². The van der Waals surface area contributed by atoms with Gasteiger partial charge in [0.2, 0.25) is 0 Å². The predicted molar refractivity (Wildman–Crippen MR) is 189 cm³/mol. The summed E-state index contributed by atoms with van der Waals surface area (Å²) >= 11 is 0. The molecule has 3 N–H and O–H groups in total. The Kier molecular flexibility index (Phi) is 9.87. The van der Waals surface area contributed by atoms with Crippen LogP contribution in [0.4, 0.5) is 11.4 Å². The van der Waals surface area contributed by atoms with Crippen LogP contribution in [0.15, 0.2) is 134 Å². The quantitative estimate of drug-likeness (QED) is 0.160. The van der Waals surface area contributed by atoms with Gasteiger partial charge in [-0.1, -0.05) is 18.2 Å². The Hall–Kier alpha value is -7.26. The standard InChI is InChI=1S/C23H17N5O2.C15H14N4O/c1-28-15-18(14-26-28)22-12-21(8-9-25-22)30-20-7-3-6-19(11-20)27-23(29)17-5-2-4-16(10-17)13-24;1-19-10-11(9-18-19)15-8-14(5-6-17-15)20-13-4-2-3-12(16)7-13/h2-12,14-15H,1H3,(H,27,29);2-10H,16H2,1H3. The molecule has 4 aromatic heterocycles. The Morgan fingerprint density at radius 1 is 0.720 bits per heavy atom. The van der Waals surface area contributed by atoms with Crippen LogP contribution in [0.3, 0.4) is 0 Å². The lowest BCUT2D eigenvalue weighted by Gasteiger charge is -2.10. The van der Waals surface area contributed by atoms with Crippen molar-refractivity contribution in [2.45, 2.75) is 0 Å². The van der Waals surface area contributed by atoms with Gasteiger partial charge >= 0.3 is 0 Å². The molecule has 0 aliphatic heterocycles. The van der Waals surface area contributed by atoms with Crippen LogP contribution in [0.25, 0.3) is 22.5 Å². The number of nitrogens with one attached hydrogen (secondary N) is 1. The van der Waals surface area contributed by atoms with Gasteiger partial charge in [-0.15, -0.1) is 0 Å². The molecule has 50 heavy (non-hydrogen) atoms. The third kappa shape index (κ3) is 8.55. The molecular weight excluding hydrogens is 630 g/mol. The number of carbonyl (C=O) groups excluding carboxylic acids is 1. The number of nitriles is 1. The highest BCUT2D eigenvalue weighted by Crippen LogP contribution is 2.28. The number of aryl methyl sites for hydroxylation is 2. The summed E-state index contributed by atoms with van der Waals surface area (Å²) in [4.78, 5) is 21.2. The van der Waals surface area contributed by atoms with Crippen molar-refractivity contribution in [2.75, 3.05) is 11.1 Å². The van der Waals surface area contributed by atoms with E-state index in [0.29, 0.717) is 45.5 Å². The molecular formula is C38H31N9O3. The summed E-state index contributed by atoms with van der Waals surface area (Å²) in [7, 11) is 3.72. The van der Waals surface area contributed by atoms with Gasteiger partial charge in [-0.3, -0.25) is 24.1 Å². The highest BCUT2D eigenvalue weighted by atomic mass is 16.5. The number of nitrogens with zero attached hydrogens (tertiary/aromatic N) is 7. The summed E-state index contributed by atoms with van der Waals surface area (Å²) in [5, 5.41) is 20.1. The van der Waals surface area contributed by atoms with E-state index in [1.54, 1.807) is 94.8 Å². The van der Waals surface area contributed by atoms with Crippen LogP contribution in [-0.4, -0.2) is 35.4 Å². The lowest BCUT2D eigenvalue weighted by atomic mass is 10.1. The number of nitrogen functional groups attached to an aromatic ring is 1. The van der Waals surface area contributed by atoms with Crippen LogP contribution in [0.1, 0.15) is 15.9 Å². The number of nitrogens with two attached hydrogens (primary N) is 1. The fourth-order valence-corrected chi connectivity index (χ4v) is 4.79. The zero-order valence-electron chi connectivity index (χ0n) is 27.1. The van der Waals surface area contributed by atoms with Crippen molar-refractivity contribution in [3.63, 3.8) is 0 Å². The molecule has 12 nitrogen and oxygen atoms in total. The summed E-state index contributed by atoms with van der Waals surface area (Å²) in [6.07, 6.45) is 10.7. The van der Waals surface area contributed by atoms with E-state index in [9.17, 15) is 4.79 Å². The normalized spacial score (nSPS) is 10.3. The molecule has 0 unspecified atom stereocenters. The fourth-order valence-electron chi connectivity index (χ4n) is 4.79. The molecule has 12 heteroatoms. The number of hydrogen-bond acceptors (Lipinski definition) is 9. The van der Waals surface area contributed by atoms with Gasteiger partial charge in [0.25, 0.3) is 5.91 Å². The van der Waals surface area contributed by atoms with Gasteiger partial charge in [0.1, 0.15) is 23.0 Å². The van der Waals surface area contributed by atoms with Crippen molar-refractivity contribution >= 4 is 17.3 Å². The summed E-state index contributed by atoms with van der Waals surface area (Å²) in [6, 6.07) is 30.3. The van der Waals surface area contributed by atoms with Crippen LogP contribution in [0.2, 0.25) is 0 Å². The molecule has 0 aliphatic carbocycles. The average Bonchev–Trinajstić information content (AvgIpc) is 3.77. The summed E-state index contributed by atoms with van der Waals surface area (Å²) in [6.45, 7) is 0. The molecule has 1 amide bonds. The van der Waals surface area contributed by atoms with Crippen molar-refractivity contribution in [2.24, 2.45) is 14.1 Å². The molecule has 0 saturated carbocycles. The molecule has 7 aromatic rings. The molecule has 0 saturated heterocycles. The van der Waals surface area contributed by atoms with Crippen molar-refractivity contribution in [3.05, 3.63) is 145 Å². The average molecular weight is 662 g/mol. The van der Waals surface area contributed by atoms with Crippen molar-refractivity contribution < 1.29 is 14.3 Å². The third-order valence-corrected chi connectivity index (χ3v) is 7.14. The van der Waals surface area contributed by atoms with E-state index in [1.807, 2.05) is 69.0 Å². The lowest BCUT2D eigenvalue weighted by molar-refractivity contribution is 0.102. The van der Waals surface area contributed by atoms with Crippen LogP contribution < -0.4 is 20.5 Å². The van der Waals surface area contributed by atoms with Crippen LogP contribution in [-0.2, 0) is 14.1 Å². The second kappa shape index (κ2) is 15.1. The second-order valence-corrected chi connectivity index (χ2v) is 11.0. The minimum absolute atomic E-state index is 0.299. The topological polar surface area (TPSA) is 159 Å². The molecule has 7 rings (SSSR count). The minimum atomic E-state index is -0.299. The predicted octanol–water partition coefficient (Wildman–Crippen LogP) is 7.25. The highest BCUT2D eigenvalue weighted by molar-refractivity contribution is 6.04. The number of hydrogen-bond donors (Lipinski definition) is 2. The van der Waals surface area contributed by atoms with E-state index in [2.05, 4.69) is 25.5 Å². The molecule has 3 aromatic carbocycles. The van der Waals surface area contributed by atoms with Gasteiger partial charge in [-0.05, 0) is 54.6 Å². The number of pyridine rings is 2. The van der Waals surface area contributed by atoms with Gasteiger partial charge in [0.15, 0.2) is 0 Å². The minimum Gasteiger partial charge on any atom is -0.457 e. The molecule has 0 atom stereocenters. The SMILES string of the molecule is Cn1cc(-c2cc(Oc3cccc(N)c3)ccn2)cn1.Cn1cc(-c2cc(Oc3cccc(NC(=O)c4cccc(C#N)c4)c3)ccn2)cn1. The van der Waals surface area contributed by atoms with Crippen molar-refractivity contribution in [1.82, 2.24) is 29.5 Å². The van der Waals surface area contributed by atoms with Gasteiger partial charge in [-0.25, -0.2) is 0 Å². The van der Waals surface area contributed by atoms with Crippen LogP contribution >= 0.6 is 0 Å². The number of amides is 1. The Morgan fingerprint density at radius 2 is 1.28 bits per heavy atom. The maximum absolute atomic E-state index is 12.5. The van der Waals surface area contributed by atoms with E-state index in [0.717, 1.165) is 22.5 Å². The summed E-state index contributed by atoms with van der Waals surface area (Å²) < 4.78 is 15.2. The van der Waals surface area contributed by atoms with Crippen molar-refractivity contribution in [3.8, 4) is 51.6 Å². The van der Waals surface area contributed by atoms with Gasteiger partial charge in [-0.2, -0.15) is 15.5 Å². The lowest BCUT2D eigenvalue weighted by Crippen LogP contribution is -2.11. The molecule has 0 fully saturated rings. The van der Waals surface area contributed by atoms with Gasteiger partial charge < -0.3 is 20.5 Å². The zero-order valence-corrected chi connectivity index (χ0v) is 27.1. The Balaban J connectivity index is 0.000000187. The third-order valence-electron chi connectivity index (χ3n) is 7.14. The van der Waals surface area contributed by atoms with E-state index < -0.39 is 0 Å². The smallest absolute Gasteiger partial charge is 0.255 e. The number of ether oxygens (including phenoxy) is 2. The van der Waals surface area contributed by atoms with E-state index in [-0.39, 0.29) is 5.91 Å². The number of aromatic nitrogens is 6. The fraction of sp³-hybridized carbons (Fsp3) is 0.0526. The maximum atomic E-state index is 12.5. The first-order chi connectivity index (χ1) is 24.3. The monoisotopic (exact) mass is 661 g/mol. The highest BCUT2D eigenvalue weighted by Gasteiger charge is 2.09. The molecule has 246 valence electrons. The Labute approximate surface area is 288 Å². The molecule has 0 radical (unpaired) electrons. The van der Waals surface area contributed by atoms with E-state index >= 15 is 0 Å². The molecule has 4 heterocycles. The number of rotatable bonds is 8. The summed E-state index contributed by atoms with van der Waals surface area (Å²) in [5.74, 6) is 2.31. The van der Waals surface area contributed by atoms with Crippen LogP contribution in [0.5, 0.6) is 23.0 Å². The number of benzene rings is 3. The largest absolute Gasteiger partial charge is 0.457 e. The second-order valence-electron chi connectivity index (χ2n) is 11.0. The van der Waals surface area contributed by atoms with Crippen LogP contribution in [0, 0.1) is 11.3 Å². The first-order valence-electron chi connectivity index (χ1n) is 15.3. The maximum Gasteiger partial charge on any atom is 0.255 e. The van der Waals surface area contributed by atoms with Crippen molar-refractivity contribution in [1.29, 1.82) is 5.26 Å². The van der Waals surface area contributed by atoms with Gasteiger partial charge in [0.05, 0.1) is 35.4 Å². The molecule has 0 bridgehead atoms. The zero-order chi connectivity index (χ0) is 34.9. The number of carbonyl (C=O) groups is 1. The summed E-state index contributed by atoms with van der Waals surface area (Å²) in [5.41, 5.74) is 11.2. The van der Waals surface area contributed by atoms with Gasteiger partial charge in [0, 0.05) is 91.2 Å². The molecule has 0 spiro atoms. The first kappa shape index (κ1) is 32.7. The Morgan fingerprint density at radius 3 is 1.84 bits per heavy atom.